The Morgan fingerprint density at radius 2 is 1.85 bits per heavy atom. The van der Waals surface area contributed by atoms with Crippen molar-refractivity contribution in [1.82, 2.24) is 19.9 Å². The van der Waals surface area contributed by atoms with Gasteiger partial charge in [0.1, 0.15) is 0 Å². The fourth-order valence-corrected chi connectivity index (χ4v) is 2.21. The third kappa shape index (κ3) is 1.70. The summed E-state index contributed by atoms with van der Waals surface area (Å²) in [7, 11) is 0. The SMILES string of the molecule is [c]1cccc2cnc(-c3cccc4nccnc34)nc12. The van der Waals surface area contributed by atoms with Crippen LogP contribution in [0.4, 0.5) is 0 Å². The van der Waals surface area contributed by atoms with Crippen LogP contribution in [0.1, 0.15) is 0 Å². The molecule has 2 heterocycles. The van der Waals surface area contributed by atoms with E-state index in [-0.39, 0.29) is 0 Å². The molecule has 4 rings (SSSR count). The second-order valence-corrected chi connectivity index (χ2v) is 4.40. The van der Waals surface area contributed by atoms with Gasteiger partial charge in [0, 0.05) is 35.6 Å². The van der Waals surface area contributed by atoms with Crippen LogP contribution in [0, 0.1) is 6.07 Å². The number of para-hydroxylation sites is 2. The van der Waals surface area contributed by atoms with Gasteiger partial charge in [-0.25, -0.2) is 9.97 Å². The van der Waals surface area contributed by atoms with Crippen LogP contribution in [0.5, 0.6) is 0 Å². The van der Waals surface area contributed by atoms with Crippen LogP contribution in [0.3, 0.4) is 0 Å². The number of nitrogens with zero attached hydrogens (tertiary/aromatic N) is 4. The third-order valence-electron chi connectivity index (χ3n) is 3.15. The molecule has 0 spiro atoms. The first-order valence-corrected chi connectivity index (χ1v) is 6.25. The van der Waals surface area contributed by atoms with E-state index in [2.05, 4.69) is 26.0 Å². The summed E-state index contributed by atoms with van der Waals surface area (Å²) in [5.41, 5.74) is 3.34. The van der Waals surface area contributed by atoms with Gasteiger partial charge >= 0.3 is 0 Å². The predicted molar refractivity (Wildman–Crippen MR) is 76.9 cm³/mol. The zero-order valence-electron chi connectivity index (χ0n) is 10.5. The molecule has 0 aliphatic rings. The van der Waals surface area contributed by atoms with Gasteiger partial charge in [0.15, 0.2) is 5.82 Å². The minimum absolute atomic E-state index is 0.644. The highest BCUT2D eigenvalue weighted by Crippen LogP contribution is 2.24. The number of hydrogen-bond donors (Lipinski definition) is 0. The van der Waals surface area contributed by atoms with Gasteiger partial charge in [-0.3, -0.25) is 9.97 Å². The number of rotatable bonds is 1. The topological polar surface area (TPSA) is 51.6 Å². The lowest BCUT2D eigenvalue weighted by atomic mass is 10.1. The van der Waals surface area contributed by atoms with Crippen LogP contribution in [0.2, 0.25) is 0 Å². The standard InChI is InChI=1S/C16H9N4/c1-2-6-13-11(4-1)10-19-16(20-13)12-5-3-7-14-15(12)18-9-8-17-14/h1-5,7-10H. The first-order chi connectivity index (χ1) is 9.92. The Morgan fingerprint density at radius 1 is 0.900 bits per heavy atom. The first kappa shape index (κ1) is 11.0. The fraction of sp³-hybridized carbons (Fsp3) is 0. The molecule has 4 nitrogen and oxygen atoms in total. The van der Waals surface area contributed by atoms with Crippen LogP contribution >= 0.6 is 0 Å². The molecule has 0 atom stereocenters. The van der Waals surface area contributed by atoms with Crippen LogP contribution in [0.25, 0.3) is 33.3 Å². The highest BCUT2D eigenvalue weighted by Gasteiger charge is 2.08. The van der Waals surface area contributed by atoms with E-state index in [0.717, 1.165) is 27.5 Å². The van der Waals surface area contributed by atoms with Crippen molar-refractivity contribution in [3.8, 4) is 11.4 Å². The molecule has 20 heavy (non-hydrogen) atoms. The van der Waals surface area contributed by atoms with Crippen LogP contribution < -0.4 is 0 Å². The lowest BCUT2D eigenvalue weighted by Crippen LogP contribution is -1.93. The zero-order chi connectivity index (χ0) is 13.4. The number of benzene rings is 2. The van der Waals surface area contributed by atoms with E-state index in [0.29, 0.717) is 5.82 Å². The quantitative estimate of drug-likeness (QED) is 0.526. The molecule has 0 N–H and O–H groups in total. The molecule has 0 saturated carbocycles. The van der Waals surface area contributed by atoms with E-state index in [4.69, 9.17) is 0 Å². The Labute approximate surface area is 115 Å². The largest absolute Gasteiger partial charge is 0.253 e. The lowest BCUT2D eigenvalue weighted by molar-refractivity contribution is 1.22. The highest BCUT2D eigenvalue weighted by atomic mass is 14.9. The van der Waals surface area contributed by atoms with Crippen molar-refractivity contribution >= 4 is 21.9 Å². The number of fused-ring (bicyclic) bond motifs is 2. The van der Waals surface area contributed by atoms with Crippen molar-refractivity contribution in [2.45, 2.75) is 0 Å². The molecule has 0 fully saturated rings. The minimum Gasteiger partial charge on any atom is -0.253 e. The Balaban J connectivity index is 2.01. The van der Waals surface area contributed by atoms with Gasteiger partial charge in [-0.2, -0.15) is 0 Å². The Kier molecular flexibility index (Phi) is 2.39. The summed E-state index contributed by atoms with van der Waals surface area (Å²) in [6, 6.07) is 14.7. The van der Waals surface area contributed by atoms with Gasteiger partial charge in [0.2, 0.25) is 0 Å². The highest BCUT2D eigenvalue weighted by molar-refractivity contribution is 5.90. The first-order valence-electron chi connectivity index (χ1n) is 6.25. The molecule has 4 heteroatoms. The lowest BCUT2D eigenvalue weighted by Gasteiger charge is -2.04. The Bertz CT molecular complexity index is 913. The van der Waals surface area contributed by atoms with Gasteiger partial charge in [0.25, 0.3) is 0 Å². The van der Waals surface area contributed by atoms with Crippen molar-refractivity contribution in [3.05, 3.63) is 61.1 Å². The monoisotopic (exact) mass is 257 g/mol. The summed E-state index contributed by atoms with van der Waals surface area (Å²) in [5, 5.41) is 0.975. The summed E-state index contributed by atoms with van der Waals surface area (Å²) in [4.78, 5) is 17.7. The van der Waals surface area contributed by atoms with E-state index < -0.39 is 0 Å². The molecule has 0 aliphatic heterocycles. The predicted octanol–water partition coefficient (Wildman–Crippen LogP) is 3.04. The smallest absolute Gasteiger partial charge is 0.162 e. The van der Waals surface area contributed by atoms with Crippen molar-refractivity contribution in [2.24, 2.45) is 0 Å². The average Bonchev–Trinajstić information content (AvgIpc) is 2.54. The van der Waals surface area contributed by atoms with Crippen molar-refractivity contribution in [2.75, 3.05) is 0 Å². The minimum atomic E-state index is 0.644. The van der Waals surface area contributed by atoms with Crippen molar-refractivity contribution in [1.29, 1.82) is 0 Å². The number of aromatic nitrogens is 4. The molecule has 2 aromatic carbocycles. The van der Waals surface area contributed by atoms with E-state index in [1.807, 2.05) is 42.6 Å². The van der Waals surface area contributed by atoms with Gasteiger partial charge in [-0.1, -0.05) is 24.3 Å². The van der Waals surface area contributed by atoms with Crippen LogP contribution in [0.15, 0.2) is 55.0 Å². The van der Waals surface area contributed by atoms with Gasteiger partial charge in [-0.15, -0.1) is 0 Å². The average molecular weight is 257 g/mol. The summed E-state index contributed by atoms with van der Waals surface area (Å²) in [6.45, 7) is 0. The molecule has 0 amide bonds. The maximum Gasteiger partial charge on any atom is 0.162 e. The molecule has 2 aromatic heterocycles. The molecule has 0 saturated heterocycles. The zero-order valence-corrected chi connectivity index (χ0v) is 10.5. The molecular weight excluding hydrogens is 248 g/mol. The molecule has 0 bridgehead atoms. The summed E-state index contributed by atoms with van der Waals surface area (Å²) in [5.74, 6) is 0.644. The third-order valence-corrected chi connectivity index (χ3v) is 3.15. The summed E-state index contributed by atoms with van der Waals surface area (Å²) >= 11 is 0. The van der Waals surface area contributed by atoms with Crippen molar-refractivity contribution < 1.29 is 0 Å². The van der Waals surface area contributed by atoms with Gasteiger partial charge in [0.05, 0.1) is 16.6 Å². The van der Waals surface area contributed by atoms with Gasteiger partial charge < -0.3 is 0 Å². The van der Waals surface area contributed by atoms with E-state index in [9.17, 15) is 0 Å². The summed E-state index contributed by atoms with van der Waals surface area (Å²) < 4.78 is 0. The normalized spacial score (nSPS) is 11.0. The molecular formula is C16H9N4. The number of hydrogen-bond acceptors (Lipinski definition) is 4. The van der Waals surface area contributed by atoms with E-state index >= 15 is 0 Å². The Hall–Kier alpha value is -2.88. The summed E-state index contributed by atoms with van der Waals surface area (Å²) in [6.07, 6.45) is 5.17. The Morgan fingerprint density at radius 3 is 2.85 bits per heavy atom. The maximum atomic E-state index is 4.56. The molecule has 0 aliphatic carbocycles. The molecule has 93 valence electrons. The van der Waals surface area contributed by atoms with E-state index in [1.54, 1.807) is 12.4 Å². The second-order valence-electron chi connectivity index (χ2n) is 4.40. The fourth-order valence-electron chi connectivity index (χ4n) is 2.21. The molecule has 0 unspecified atom stereocenters. The molecule has 1 radical (unpaired) electrons. The van der Waals surface area contributed by atoms with Crippen molar-refractivity contribution in [3.63, 3.8) is 0 Å². The molecule has 4 aromatic rings. The van der Waals surface area contributed by atoms with Crippen LogP contribution in [-0.4, -0.2) is 19.9 Å². The van der Waals surface area contributed by atoms with Crippen LogP contribution in [-0.2, 0) is 0 Å². The van der Waals surface area contributed by atoms with Gasteiger partial charge in [-0.05, 0) is 12.1 Å². The second kappa shape index (κ2) is 4.35. The van der Waals surface area contributed by atoms with E-state index in [1.165, 1.54) is 0 Å². The maximum absolute atomic E-state index is 4.56.